The summed E-state index contributed by atoms with van der Waals surface area (Å²) in [5, 5.41) is 5.63. The average Bonchev–Trinajstić information content (AvgIpc) is 4.14. The largest absolute Gasteiger partial charge is 0.469 e. The summed E-state index contributed by atoms with van der Waals surface area (Å²) in [6.45, 7) is 9.66. The number of alkyl halides is 1. The lowest BCUT2D eigenvalue weighted by Gasteiger charge is -2.30. The molecular formula is C45H53F2N9O7. The number of imidazole rings is 2. The number of H-pyrrole nitrogens is 2. The Balaban J connectivity index is 1.05. The monoisotopic (exact) mass is 869 g/mol. The van der Waals surface area contributed by atoms with Crippen LogP contribution in [-0.2, 0) is 19.1 Å². The maximum absolute atomic E-state index is 16.9. The first-order valence-corrected chi connectivity index (χ1v) is 21.4. The Hall–Kier alpha value is -6.46. The molecule has 2 fully saturated rings. The molecule has 0 aliphatic carbocycles. The van der Waals surface area contributed by atoms with Gasteiger partial charge in [0.25, 0.3) is 0 Å². The molecule has 3 aliphatic rings. The molecule has 6 atom stereocenters. The van der Waals surface area contributed by atoms with Gasteiger partial charge in [0.05, 0.1) is 67.8 Å². The molecule has 6 heterocycles. The smallest absolute Gasteiger partial charge is 0.407 e. The molecule has 8 rings (SSSR count). The number of fused-ring (bicyclic) bond motifs is 5. The highest BCUT2D eigenvalue weighted by molar-refractivity contribution is 5.93. The van der Waals surface area contributed by atoms with Gasteiger partial charge in [0, 0.05) is 41.5 Å². The van der Waals surface area contributed by atoms with Crippen LogP contribution in [0, 0.1) is 17.7 Å². The molecule has 5 aromatic rings. The van der Waals surface area contributed by atoms with Crippen LogP contribution >= 0.6 is 0 Å². The van der Waals surface area contributed by atoms with Gasteiger partial charge in [0.1, 0.15) is 35.7 Å². The van der Waals surface area contributed by atoms with E-state index in [4.69, 9.17) is 14.2 Å². The van der Waals surface area contributed by atoms with E-state index in [1.807, 2.05) is 55.7 Å². The molecular weight excluding hydrogens is 817 g/mol. The molecule has 63 heavy (non-hydrogen) atoms. The third-order valence-corrected chi connectivity index (χ3v) is 12.4. The number of nitrogens with one attached hydrogen (secondary N) is 4. The van der Waals surface area contributed by atoms with Gasteiger partial charge in [-0.3, -0.25) is 9.59 Å². The first-order chi connectivity index (χ1) is 30.2. The van der Waals surface area contributed by atoms with E-state index in [0.717, 1.165) is 12.0 Å². The van der Waals surface area contributed by atoms with Crippen LogP contribution in [0.25, 0.3) is 44.7 Å². The SMILES string of the molecule is CCC1Oc2cc(-c3cnc(C4CCCN4C(=O)C(NC(=O)OC)C(C)C)[nH]3)ccc2-c2c(F)c3cc(-c4cnc(C5CC(F)CN5C(=O)C(NC(=O)OC)C(C)C)[nH]4)ccc3n21. The number of rotatable bonds is 11. The Labute approximate surface area is 363 Å². The molecule has 16 nitrogen and oxygen atoms in total. The highest BCUT2D eigenvalue weighted by Gasteiger charge is 2.42. The van der Waals surface area contributed by atoms with Crippen molar-refractivity contribution in [2.45, 2.75) is 96.9 Å². The van der Waals surface area contributed by atoms with Gasteiger partial charge in [0.2, 0.25) is 11.8 Å². The lowest BCUT2D eigenvalue weighted by Crippen LogP contribution is -2.51. The van der Waals surface area contributed by atoms with E-state index in [-0.39, 0.29) is 36.8 Å². The molecule has 0 spiro atoms. The number of ether oxygens (including phenoxy) is 3. The summed E-state index contributed by atoms with van der Waals surface area (Å²) in [6, 6.07) is 8.34. The number of aromatic nitrogens is 5. The number of hydrogen-bond acceptors (Lipinski definition) is 9. The van der Waals surface area contributed by atoms with Crippen molar-refractivity contribution < 1.29 is 42.2 Å². The van der Waals surface area contributed by atoms with Crippen molar-refractivity contribution in [1.29, 1.82) is 0 Å². The zero-order valence-corrected chi connectivity index (χ0v) is 36.3. The summed E-state index contributed by atoms with van der Waals surface area (Å²) in [4.78, 5) is 70.5. The summed E-state index contributed by atoms with van der Waals surface area (Å²) < 4.78 is 49.7. The van der Waals surface area contributed by atoms with E-state index in [1.165, 1.54) is 19.1 Å². The molecule has 0 bridgehead atoms. The van der Waals surface area contributed by atoms with Crippen LogP contribution in [0.5, 0.6) is 5.75 Å². The fraction of sp³-hybridized carbons (Fsp3) is 0.467. The van der Waals surface area contributed by atoms with Gasteiger partial charge in [0.15, 0.2) is 12.0 Å². The number of methoxy groups -OCH3 is 2. The average molecular weight is 870 g/mol. The minimum atomic E-state index is -1.29. The number of likely N-dealkylation sites (tertiary alicyclic amines) is 2. The van der Waals surface area contributed by atoms with E-state index in [0.29, 0.717) is 75.9 Å². The molecule has 2 aromatic carbocycles. The van der Waals surface area contributed by atoms with Crippen molar-refractivity contribution in [2.24, 2.45) is 11.8 Å². The molecule has 3 aliphatic heterocycles. The Morgan fingerprint density at radius 1 is 0.857 bits per heavy atom. The minimum absolute atomic E-state index is 0.0271. The summed E-state index contributed by atoms with van der Waals surface area (Å²) in [6.07, 6.45) is 2.15. The lowest BCUT2D eigenvalue weighted by atomic mass is 10.0. The van der Waals surface area contributed by atoms with Crippen LogP contribution in [0.15, 0.2) is 48.8 Å². The third kappa shape index (κ3) is 7.95. The molecule has 4 N–H and O–H groups in total. The van der Waals surface area contributed by atoms with Crippen LogP contribution < -0.4 is 15.4 Å². The number of halogens is 2. The Morgan fingerprint density at radius 3 is 2.05 bits per heavy atom. The number of hydrogen-bond donors (Lipinski definition) is 4. The highest BCUT2D eigenvalue weighted by Crippen LogP contribution is 2.47. The minimum Gasteiger partial charge on any atom is -0.469 e. The first kappa shape index (κ1) is 43.2. The number of alkyl carbamates (subject to hydrolysis) is 2. The van der Waals surface area contributed by atoms with Crippen molar-refractivity contribution in [2.75, 3.05) is 27.3 Å². The Kier molecular flexibility index (Phi) is 11.9. The number of carbonyl (C=O) groups is 4. The van der Waals surface area contributed by atoms with Crippen LogP contribution in [0.4, 0.5) is 18.4 Å². The van der Waals surface area contributed by atoms with Gasteiger partial charge in [-0.1, -0.05) is 46.8 Å². The summed E-state index contributed by atoms with van der Waals surface area (Å²) in [5.41, 5.74) is 4.31. The molecule has 2 saturated heterocycles. The Bertz CT molecular complexity index is 2550. The standard InChI is InChI=1S/C45H53F2N9O7/c1-8-35-56-31-14-12-24(29-19-49-41(51-29)33-18-26(46)21-55(33)43(58)38(23(4)5)53-45(60)62-7)16-28(31)36(47)39(56)27-13-11-25(17-34(27)63-35)30-20-48-40(50-30)32-10-9-15-54(32)42(57)37(22(2)3)52-44(59)61-6/h11-14,16-17,19-20,22-23,26,32-33,35,37-38H,8-10,15,18,21H2,1-7H3,(H,48,50)(H,49,51)(H,52,59)(H,53,60). The molecule has 334 valence electrons. The van der Waals surface area contributed by atoms with Crippen molar-refractivity contribution in [1.82, 2.24) is 44.9 Å². The second kappa shape index (κ2) is 17.4. The van der Waals surface area contributed by atoms with Crippen molar-refractivity contribution in [3.8, 4) is 39.5 Å². The number of nitrogens with zero attached hydrogens (tertiary/aromatic N) is 5. The van der Waals surface area contributed by atoms with E-state index in [1.54, 1.807) is 37.2 Å². The van der Waals surface area contributed by atoms with Crippen LogP contribution in [0.3, 0.4) is 0 Å². The Morgan fingerprint density at radius 2 is 1.44 bits per heavy atom. The molecule has 0 radical (unpaired) electrons. The third-order valence-electron chi connectivity index (χ3n) is 12.4. The van der Waals surface area contributed by atoms with Crippen LogP contribution in [0.1, 0.15) is 90.3 Å². The van der Waals surface area contributed by atoms with Gasteiger partial charge in [-0.05, 0) is 48.9 Å². The van der Waals surface area contributed by atoms with Crippen molar-refractivity contribution >= 4 is 34.9 Å². The molecule has 4 amide bonds. The number of amides is 4. The van der Waals surface area contributed by atoms with Crippen LogP contribution in [0.2, 0.25) is 0 Å². The zero-order chi connectivity index (χ0) is 44.9. The van der Waals surface area contributed by atoms with E-state index in [2.05, 4.69) is 30.6 Å². The predicted octanol–water partition coefficient (Wildman–Crippen LogP) is 7.56. The molecule has 18 heteroatoms. The topological polar surface area (TPSA) is 189 Å². The zero-order valence-electron chi connectivity index (χ0n) is 36.3. The van der Waals surface area contributed by atoms with Crippen molar-refractivity contribution in [3.63, 3.8) is 0 Å². The summed E-state index contributed by atoms with van der Waals surface area (Å²) in [5.74, 6) is 0.0227. The summed E-state index contributed by atoms with van der Waals surface area (Å²) in [7, 11) is 2.48. The van der Waals surface area contributed by atoms with Crippen LogP contribution in [-0.4, -0.2) is 104 Å². The predicted molar refractivity (Wildman–Crippen MR) is 228 cm³/mol. The number of carbonyl (C=O) groups excluding carboxylic acids is 4. The molecule has 3 aromatic heterocycles. The quantitative estimate of drug-likeness (QED) is 0.104. The summed E-state index contributed by atoms with van der Waals surface area (Å²) >= 11 is 0. The van der Waals surface area contributed by atoms with Gasteiger partial charge in [-0.15, -0.1) is 0 Å². The van der Waals surface area contributed by atoms with Gasteiger partial charge in [-0.25, -0.2) is 28.3 Å². The van der Waals surface area contributed by atoms with E-state index < -0.39 is 54.4 Å². The maximum Gasteiger partial charge on any atom is 0.407 e. The number of aromatic amines is 2. The second-order valence-corrected chi connectivity index (χ2v) is 17.1. The lowest BCUT2D eigenvalue weighted by molar-refractivity contribution is -0.136. The van der Waals surface area contributed by atoms with Crippen molar-refractivity contribution in [3.05, 3.63) is 66.3 Å². The fourth-order valence-corrected chi connectivity index (χ4v) is 9.10. The highest BCUT2D eigenvalue weighted by atomic mass is 19.1. The van der Waals surface area contributed by atoms with E-state index >= 15 is 4.39 Å². The molecule has 6 unspecified atom stereocenters. The maximum atomic E-state index is 16.9. The number of benzene rings is 2. The normalized spacial score (nSPS) is 20.4. The van der Waals surface area contributed by atoms with E-state index in [9.17, 15) is 23.6 Å². The molecule has 0 saturated carbocycles. The first-order valence-electron chi connectivity index (χ1n) is 21.4. The van der Waals surface area contributed by atoms with Gasteiger partial charge in [-0.2, -0.15) is 0 Å². The second-order valence-electron chi connectivity index (χ2n) is 17.1. The van der Waals surface area contributed by atoms with Gasteiger partial charge < -0.3 is 49.2 Å². The fourth-order valence-electron chi connectivity index (χ4n) is 9.10. The van der Waals surface area contributed by atoms with Gasteiger partial charge >= 0.3 is 12.2 Å².